The highest BCUT2D eigenvalue weighted by Crippen LogP contribution is 2.28. The lowest BCUT2D eigenvalue weighted by Crippen LogP contribution is -2.15. The zero-order valence-electron chi connectivity index (χ0n) is 13.2. The summed E-state index contributed by atoms with van der Waals surface area (Å²) in [5.41, 5.74) is 2.16. The van der Waals surface area contributed by atoms with Crippen LogP contribution in [0.3, 0.4) is 0 Å². The molecule has 3 aromatic rings. The molecule has 0 unspecified atom stereocenters. The third-order valence-corrected chi connectivity index (χ3v) is 3.89. The lowest BCUT2D eigenvalue weighted by molar-refractivity contribution is 0.102. The van der Waals surface area contributed by atoms with Gasteiger partial charge in [-0.05, 0) is 37.3 Å². The van der Waals surface area contributed by atoms with Gasteiger partial charge in [-0.25, -0.2) is 0 Å². The van der Waals surface area contributed by atoms with Crippen LogP contribution in [-0.2, 0) is 0 Å². The molecule has 0 aliphatic rings. The Balaban J connectivity index is 1.89. The minimum Gasteiger partial charge on any atom is -0.495 e. The van der Waals surface area contributed by atoms with Crippen LogP contribution in [0.1, 0.15) is 16.2 Å². The Labute approximate surface area is 147 Å². The number of benzene rings is 2. The van der Waals surface area contributed by atoms with Gasteiger partial charge in [0.1, 0.15) is 5.75 Å². The van der Waals surface area contributed by atoms with E-state index in [-0.39, 0.29) is 11.6 Å². The van der Waals surface area contributed by atoms with E-state index < -0.39 is 0 Å². The highest BCUT2D eigenvalue weighted by molar-refractivity contribution is 9.10. The summed E-state index contributed by atoms with van der Waals surface area (Å²) < 4.78 is 6.10. The number of carbonyl (C=O) groups excluding carboxylic acids is 1. The van der Waals surface area contributed by atoms with E-state index in [1.54, 1.807) is 26.2 Å². The maximum Gasteiger partial charge on any atom is 0.278 e. The third kappa shape index (κ3) is 3.30. The van der Waals surface area contributed by atoms with Crippen LogP contribution in [0.15, 0.2) is 53.0 Å². The fourth-order valence-electron chi connectivity index (χ4n) is 2.22. The highest BCUT2D eigenvalue weighted by atomic mass is 79.9. The molecule has 0 bridgehead atoms. The van der Waals surface area contributed by atoms with Crippen molar-refractivity contribution in [1.29, 1.82) is 0 Å². The maximum absolute atomic E-state index is 12.6. The summed E-state index contributed by atoms with van der Waals surface area (Å²) in [5.74, 6) is 0.228. The second kappa shape index (κ2) is 6.84. The van der Waals surface area contributed by atoms with Crippen LogP contribution < -0.4 is 10.1 Å². The molecule has 0 aliphatic carbocycles. The molecule has 1 aromatic heterocycles. The van der Waals surface area contributed by atoms with Crippen molar-refractivity contribution in [3.05, 3.63) is 64.4 Å². The van der Waals surface area contributed by atoms with Gasteiger partial charge in [-0.2, -0.15) is 9.90 Å². The molecule has 3 rings (SSSR count). The Morgan fingerprint density at radius 3 is 2.62 bits per heavy atom. The van der Waals surface area contributed by atoms with Crippen molar-refractivity contribution in [2.24, 2.45) is 0 Å². The molecule has 0 aliphatic heterocycles. The lowest BCUT2D eigenvalue weighted by atomic mass is 10.2. The number of amides is 1. The van der Waals surface area contributed by atoms with E-state index in [1.165, 1.54) is 4.80 Å². The summed E-state index contributed by atoms with van der Waals surface area (Å²) in [5, 5.41) is 11.4. The molecular weight excluding hydrogens is 372 g/mol. The molecule has 1 N–H and O–H groups in total. The first-order valence-electron chi connectivity index (χ1n) is 7.23. The van der Waals surface area contributed by atoms with Gasteiger partial charge in [0.2, 0.25) is 0 Å². The number of para-hydroxylation sites is 1. The molecule has 2 aromatic carbocycles. The maximum atomic E-state index is 12.6. The van der Waals surface area contributed by atoms with Crippen molar-refractivity contribution in [2.45, 2.75) is 6.92 Å². The zero-order chi connectivity index (χ0) is 17.1. The average Bonchev–Trinajstić information content (AvgIpc) is 2.98. The van der Waals surface area contributed by atoms with Crippen molar-refractivity contribution >= 4 is 27.5 Å². The fourth-order valence-corrected chi connectivity index (χ4v) is 2.59. The van der Waals surface area contributed by atoms with Crippen LogP contribution >= 0.6 is 15.9 Å². The summed E-state index contributed by atoms with van der Waals surface area (Å²) >= 11 is 3.38. The van der Waals surface area contributed by atoms with E-state index in [1.807, 2.05) is 36.4 Å². The molecule has 122 valence electrons. The van der Waals surface area contributed by atoms with Gasteiger partial charge in [0, 0.05) is 4.47 Å². The van der Waals surface area contributed by atoms with Crippen LogP contribution in [0.5, 0.6) is 5.75 Å². The summed E-state index contributed by atoms with van der Waals surface area (Å²) in [6.07, 6.45) is 0. The number of halogens is 1. The van der Waals surface area contributed by atoms with Gasteiger partial charge in [0.05, 0.1) is 24.2 Å². The normalized spacial score (nSPS) is 10.5. The monoisotopic (exact) mass is 386 g/mol. The van der Waals surface area contributed by atoms with Crippen molar-refractivity contribution < 1.29 is 9.53 Å². The van der Waals surface area contributed by atoms with E-state index in [0.717, 1.165) is 10.2 Å². The van der Waals surface area contributed by atoms with Gasteiger partial charge < -0.3 is 10.1 Å². The van der Waals surface area contributed by atoms with Crippen molar-refractivity contribution in [3.8, 4) is 11.4 Å². The van der Waals surface area contributed by atoms with Crippen LogP contribution in [-0.4, -0.2) is 28.0 Å². The molecular formula is C17H15BrN4O2. The minimum absolute atomic E-state index is 0.265. The van der Waals surface area contributed by atoms with E-state index in [4.69, 9.17) is 4.74 Å². The topological polar surface area (TPSA) is 69.0 Å². The van der Waals surface area contributed by atoms with Crippen LogP contribution in [0, 0.1) is 6.92 Å². The summed E-state index contributed by atoms with van der Waals surface area (Å²) in [6, 6.07) is 14.8. The number of methoxy groups -OCH3 is 1. The third-order valence-electron chi connectivity index (χ3n) is 3.39. The van der Waals surface area contributed by atoms with Gasteiger partial charge >= 0.3 is 0 Å². The van der Waals surface area contributed by atoms with E-state index in [0.29, 0.717) is 17.1 Å². The summed E-state index contributed by atoms with van der Waals surface area (Å²) in [4.78, 5) is 14.0. The first kappa shape index (κ1) is 16.2. The van der Waals surface area contributed by atoms with Crippen LogP contribution in [0.4, 0.5) is 5.69 Å². The first-order chi connectivity index (χ1) is 11.6. The number of carbonyl (C=O) groups is 1. The number of hydrogen-bond acceptors (Lipinski definition) is 4. The van der Waals surface area contributed by atoms with E-state index >= 15 is 0 Å². The Bertz CT molecular complexity index is 878. The van der Waals surface area contributed by atoms with Crippen molar-refractivity contribution in [1.82, 2.24) is 15.0 Å². The molecule has 0 saturated carbocycles. The molecule has 0 radical (unpaired) electrons. The van der Waals surface area contributed by atoms with Gasteiger partial charge in [-0.3, -0.25) is 4.79 Å². The Kier molecular flexibility index (Phi) is 4.61. The second-order valence-corrected chi connectivity index (χ2v) is 5.97. The molecule has 1 amide bonds. The second-order valence-electron chi connectivity index (χ2n) is 5.06. The molecule has 0 atom stereocenters. The van der Waals surface area contributed by atoms with Crippen LogP contribution in [0.25, 0.3) is 5.69 Å². The predicted molar refractivity (Wildman–Crippen MR) is 94.7 cm³/mol. The smallest absolute Gasteiger partial charge is 0.278 e. The summed E-state index contributed by atoms with van der Waals surface area (Å²) in [7, 11) is 1.55. The number of aromatic nitrogens is 3. The molecule has 6 nitrogen and oxygen atoms in total. The SMILES string of the molecule is COc1ccc(Br)cc1NC(=O)c1nn(-c2ccccc2)nc1C. The molecule has 0 fully saturated rings. The number of nitrogens with zero attached hydrogens (tertiary/aromatic N) is 3. The number of anilines is 1. The van der Waals surface area contributed by atoms with Crippen molar-refractivity contribution in [2.75, 3.05) is 12.4 Å². The van der Waals surface area contributed by atoms with Crippen molar-refractivity contribution in [3.63, 3.8) is 0 Å². The Hall–Kier alpha value is -2.67. The van der Waals surface area contributed by atoms with Crippen LogP contribution in [0.2, 0.25) is 0 Å². The summed E-state index contributed by atoms with van der Waals surface area (Å²) in [6.45, 7) is 1.75. The Morgan fingerprint density at radius 2 is 1.92 bits per heavy atom. The van der Waals surface area contributed by atoms with Gasteiger partial charge in [0.15, 0.2) is 5.69 Å². The molecule has 0 spiro atoms. The number of rotatable bonds is 4. The fraction of sp³-hybridized carbons (Fsp3) is 0.118. The number of ether oxygens (including phenoxy) is 1. The molecule has 1 heterocycles. The molecule has 7 heteroatoms. The largest absolute Gasteiger partial charge is 0.495 e. The zero-order valence-corrected chi connectivity index (χ0v) is 14.7. The first-order valence-corrected chi connectivity index (χ1v) is 8.02. The lowest BCUT2D eigenvalue weighted by Gasteiger charge is -2.09. The van der Waals surface area contributed by atoms with Gasteiger partial charge in [-0.15, -0.1) is 5.10 Å². The average molecular weight is 387 g/mol. The van der Waals surface area contributed by atoms with Gasteiger partial charge in [-0.1, -0.05) is 34.1 Å². The standard InChI is InChI=1S/C17H15BrN4O2/c1-11-16(21-22(20-11)13-6-4-3-5-7-13)17(23)19-14-10-12(18)8-9-15(14)24-2/h3-10H,1-2H3,(H,19,23). The van der Waals surface area contributed by atoms with E-state index in [2.05, 4.69) is 31.4 Å². The van der Waals surface area contributed by atoms with E-state index in [9.17, 15) is 4.79 Å². The minimum atomic E-state index is -0.342. The number of hydrogen-bond donors (Lipinski definition) is 1. The Morgan fingerprint density at radius 1 is 1.17 bits per heavy atom. The predicted octanol–water partition coefficient (Wildman–Crippen LogP) is 3.60. The number of nitrogens with one attached hydrogen (secondary N) is 1. The highest BCUT2D eigenvalue weighted by Gasteiger charge is 2.18. The van der Waals surface area contributed by atoms with Gasteiger partial charge in [0.25, 0.3) is 5.91 Å². The quantitative estimate of drug-likeness (QED) is 0.743. The molecule has 0 saturated heterocycles. The number of aryl methyl sites for hydroxylation is 1. The molecule has 24 heavy (non-hydrogen) atoms.